The van der Waals surface area contributed by atoms with E-state index >= 15 is 0 Å². The zero-order valence-corrected chi connectivity index (χ0v) is 19.0. The van der Waals surface area contributed by atoms with Gasteiger partial charge in [-0.05, 0) is 61.4 Å². The number of carbonyl (C=O) groups is 1. The minimum absolute atomic E-state index is 0.356. The first kappa shape index (κ1) is 23.7. The summed E-state index contributed by atoms with van der Waals surface area (Å²) in [5.74, 6) is 1.97. The molecule has 0 aliphatic rings. The van der Waals surface area contributed by atoms with Gasteiger partial charge in [0.25, 0.3) is 5.91 Å². The largest absolute Gasteiger partial charge is 0.493 e. The van der Waals surface area contributed by atoms with Crippen molar-refractivity contribution in [2.24, 2.45) is 5.10 Å². The highest BCUT2D eigenvalue weighted by Crippen LogP contribution is 2.29. The zero-order chi connectivity index (χ0) is 23.5. The van der Waals surface area contributed by atoms with Crippen LogP contribution < -0.4 is 24.4 Å². The first-order valence-electron chi connectivity index (χ1n) is 10.7. The normalized spacial score (nSPS) is 10.6. The van der Waals surface area contributed by atoms with Crippen LogP contribution in [0.4, 0.5) is 0 Å². The van der Waals surface area contributed by atoms with Gasteiger partial charge >= 0.3 is 0 Å². The van der Waals surface area contributed by atoms with Gasteiger partial charge in [0.05, 0.1) is 26.5 Å². The number of carbonyl (C=O) groups excluding carboxylic acids is 1. The Morgan fingerprint density at radius 2 is 1.55 bits per heavy atom. The Balaban J connectivity index is 1.63. The summed E-state index contributed by atoms with van der Waals surface area (Å²) < 4.78 is 22.4. The number of ether oxygens (including phenoxy) is 4. The van der Waals surface area contributed by atoms with Gasteiger partial charge in [0.15, 0.2) is 23.0 Å². The molecule has 7 heteroatoms. The summed E-state index contributed by atoms with van der Waals surface area (Å²) in [5, 5.41) is 4.06. The number of amides is 1. The van der Waals surface area contributed by atoms with Crippen molar-refractivity contribution in [3.63, 3.8) is 0 Å². The maximum Gasteiger partial charge on any atom is 0.271 e. The highest BCUT2D eigenvalue weighted by Gasteiger charge is 2.11. The van der Waals surface area contributed by atoms with E-state index < -0.39 is 0 Å². The Labute approximate surface area is 193 Å². The molecule has 0 heterocycles. The second kappa shape index (κ2) is 12.1. The molecule has 1 amide bonds. The monoisotopic (exact) mass is 448 g/mol. The maximum atomic E-state index is 12.5. The molecule has 0 atom stereocenters. The Bertz CT molecular complexity index is 1080. The van der Waals surface area contributed by atoms with E-state index in [9.17, 15) is 4.79 Å². The summed E-state index contributed by atoms with van der Waals surface area (Å²) in [7, 11) is 1.58. The first-order chi connectivity index (χ1) is 16.1. The van der Waals surface area contributed by atoms with Crippen LogP contribution in [-0.4, -0.2) is 32.4 Å². The van der Waals surface area contributed by atoms with Gasteiger partial charge < -0.3 is 18.9 Å². The van der Waals surface area contributed by atoms with Crippen LogP contribution in [0.15, 0.2) is 71.8 Å². The molecule has 3 rings (SSSR count). The highest BCUT2D eigenvalue weighted by molar-refractivity contribution is 5.95. The molecule has 172 valence electrons. The van der Waals surface area contributed by atoms with Crippen LogP contribution in [0.3, 0.4) is 0 Å². The quantitative estimate of drug-likeness (QED) is 0.336. The number of benzene rings is 3. The van der Waals surface area contributed by atoms with E-state index in [0.717, 1.165) is 11.1 Å². The molecule has 0 saturated heterocycles. The highest BCUT2D eigenvalue weighted by atomic mass is 16.5. The van der Waals surface area contributed by atoms with Gasteiger partial charge in [-0.15, -0.1) is 0 Å². The predicted octanol–water partition coefficient (Wildman–Crippen LogP) is 4.84. The van der Waals surface area contributed by atoms with E-state index in [2.05, 4.69) is 10.5 Å². The van der Waals surface area contributed by atoms with E-state index in [4.69, 9.17) is 18.9 Å². The van der Waals surface area contributed by atoms with Crippen LogP contribution in [0.5, 0.6) is 23.0 Å². The van der Waals surface area contributed by atoms with Crippen molar-refractivity contribution in [2.75, 3.05) is 20.3 Å². The van der Waals surface area contributed by atoms with Crippen molar-refractivity contribution in [3.8, 4) is 23.0 Å². The van der Waals surface area contributed by atoms with Gasteiger partial charge in [-0.3, -0.25) is 4.79 Å². The molecule has 1 N–H and O–H groups in total. The zero-order valence-electron chi connectivity index (χ0n) is 19.0. The van der Waals surface area contributed by atoms with Crippen molar-refractivity contribution in [1.29, 1.82) is 0 Å². The fourth-order valence-corrected chi connectivity index (χ4v) is 3.04. The molecule has 0 bridgehead atoms. The number of rotatable bonds is 11. The summed E-state index contributed by atoms with van der Waals surface area (Å²) in [6, 6.07) is 20.4. The Kier molecular flexibility index (Phi) is 8.71. The fourth-order valence-electron chi connectivity index (χ4n) is 3.04. The Morgan fingerprint density at radius 1 is 0.848 bits per heavy atom. The maximum absolute atomic E-state index is 12.5. The van der Waals surface area contributed by atoms with Crippen LogP contribution in [0, 0.1) is 0 Å². The first-order valence-corrected chi connectivity index (χ1v) is 10.7. The Morgan fingerprint density at radius 3 is 2.27 bits per heavy atom. The number of methoxy groups -OCH3 is 1. The second-order valence-corrected chi connectivity index (χ2v) is 6.91. The van der Waals surface area contributed by atoms with Crippen molar-refractivity contribution in [2.45, 2.75) is 20.5 Å². The van der Waals surface area contributed by atoms with Crippen LogP contribution in [0.1, 0.15) is 35.3 Å². The van der Waals surface area contributed by atoms with Crippen LogP contribution in [-0.2, 0) is 6.61 Å². The molecule has 0 saturated carbocycles. The summed E-state index contributed by atoms with van der Waals surface area (Å²) in [6.07, 6.45) is 1.54. The van der Waals surface area contributed by atoms with Gasteiger partial charge in [-0.25, -0.2) is 5.43 Å². The second-order valence-electron chi connectivity index (χ2n) is 6.91. The van der Waals surface area contributed by atoms with E-state index in [1.165, 1.54) is 0 Å². The van der Waals surface area contributed by atoms with Gasteiger partial charge in [-0.1, -0.05) is 30.3 Å². The van der Waals surface area contributed by atoms with Crippen LogP contribution >= 0.6 is 0 Å². The molecular formula is C26H28N2O5. The van der Waals surface area contributed by atoms with Gasteiger partial charge in [0.2, 0.25) is 0 Å². The lowest BCUT2D eigenvalue weighted by Crippen LogP contribution is -2.17. The Hall–Kier alpha value is -4.00. The molecule has 7 nitrogen and oxygen atoms in total. The number of nitrogens with zero attached hydrogens (tertiary/aromatic N) is 1. The molecule has 3 aromatic rings. The molecule has 0 aromatic heterocycles. The number of hydrogen-bond donors (Lipinski definition) is 1. The lowest BCUT2D eigenvalue weighted by atomic mass is 10.2. The summed E-state index contributed by atoms with van der Waals surface area (Å²) in [4.78, 5) is 12.5. The molecule has 0 aliphatic carbocycles. The average Bonchev–Trinajstić information content (AvgIpc) is 2.85. The topological polar surface area (TPSA) is 78.4 Å². The van der Waals surface area contributed by atoms with Crippen molar-refractivity contribution in [1.82, 2.24) is 5.43 Å². The average molecular weight is 449 g/mol. The van der Waals surface area contributed by atoms with Crippen LogP contribution in [0.2, 0.25) is 0 Å². The van der Waals surface area contributed by atoms with Crippen molar-refractivity contribution >= 4 is 12.1 Å². The molecule has 3 aromatic carbocycles. The molecule has 0 aliphatic heterocycles. The fraction of sp³-hybridized carbons (Fsp3) is 0.231. The number of hydrazone groups is 1. The third-order valence-electron chi connectivity index (χ3n) is 4.61. The number of hydrogen-bond acceptors (Lipinski definition) is 6. The van der Waals surface area contributed by atoms with Crippen molar-refractivity contribution < 1.29 is 23.7 Å². The molecule has 0 unspecified atom stereocenters. The molecule has 0 spiro atoms. The molecular weight excluding hydrogens is 420 g/mol. The lowest BCUT2D eigenvalue weighted by molar-refractivity contribution is 0.0954. The molecule has 0 fully saturated rings. The third-order valence-corrected chi connectivity index (χ3v) is 4.61. The smallest absolute Gasteiger partial charge is 0.271 e. The molecule has 33 heavy (non-hydrogen) atoms. The summed E-state index contributed by atoms with van der Waals surface area (Å²) in [6.45, 7) is 5.18. The van der Waals surface area contributed by atoms with Gasteiger partial charge in [-0.2, -0.15) is 5.10 Å². The minimum atomic E-state index is -0.356. The number of nitrogens with one attached hydrogen (secondary N) is 1. The van der Waals surface area contributed by atoms with E-state index in [1.54, 1.807) is 37.6 Å². The van der Waals surface area contributed by atoms with E-state index in [0.29, 0.717) is 48.4 Å². The van der Waals surface area contributed by atoms with Crippen LogP contribution in [0.25, 0.3) is 0 Å². The predicted molar refractivity (Wildman–Crippen MR) is 128 cm³/mol. The lowest BCUT2D eigenvalue weighted by Gasteiger charge is -2.12. The van der Waals surface area contributed by atoms with Crippen molar-refractivity contribution in [3.05, 3.63) is 83.4 Å². The SMILES string of the molecule is CCOc1ccc(C(=O)N/N=C/c2ccc(OCc3ccccc3)c(OC)c2)cc1OCC. The van der Waals surface area contributed by atoms with E-state index in [-0.39, 0.29) is 5.91 Å². The summed E-state index contributed by atoms with van der Waals surface area (Å²) in [5.41, 5.74) is 4.76. The third kappa shape index (κ3) is 6.74. The minimum Gasteiger partial charge on any atom is -0.493 e. The van der Waals surface area contributed by atoms with Gasteiger partial charge in [0, 0.05) is 5.56 Å². The van der Waals surface area contributed by atoms with E-state index in [1.807, 2.05) is 56.3 Å². The summed E-state index contributed by atoms with van der Waals surface area (Å²) >= 11 is 0. The molecule has 0 radical (unpaired) electrons. The van der Waals surface area contributed by atoms with Gasteiger partial charge in [0.1, 0.15) is 6.61 Å². The standard InChI is InChI=1S/C26H28N2O5/c1-4-31-23-14-12-21(16-25(23)32-5-2)26(29)28-27-17-20-11-13-22(24(15-20)30-3)33-18-19-9-7-6-8-10-19/h6-17H,4-5,18H2,1-3H3,(H,28,29)/b27-17+.